The molecule has 0 unspecified atom stereocenters. The highest BCUT2D eigenvalue weighted by Gasteiger charge is 2.40. The minimum absolute atomic E-state index is 0.0224. The lowest BCUT2D eigenvalue weighted by Gasteiger charge is -2.43. The number of rotatable bonds is 4. The molecule has 0 saturated carbocycles. The molecule has 6 heteroatoms. The molecule has 0 radical (unpaired) electrons. The first-order chi connectivity index (χ1) is 11.8. The van der Waals surface area contributed by atoms with Crippen LogP contribution in [0.4, 0.5) is 0 Å². The molecule has 1 aromatic rings. The first-order valence-electron chi connectivity index (χ1n) is 8.65. The number of ether oxygens (including phenoxy) is 2. The van der Waals surface area contributed by atoms with Crippen molar-refractivity contribution >= 4 is 17.7 Å². The summed E-state index contributed by atoms with van der Waals surface area (Å²) in [6.45, 7) is 5.52. The van der Waals surface area contributed by atoms with Crippen molar-refractivity contribution in [2.75, 3.05) is 44.4 Å². The van der Waals surface area contributed by atoms with Crippen molar-refractivity contribution in [2.24, 2.45) is 0 Å². The van der Waals surface area contributed by atoms with Crippen molar-refractivity contribution in [2.45, 2.75) is 25.2 Å². The Balaban J connectivity index is 1.43. The number of nitrogens with zero attached hydrogens (tertiary/aromatic N) is 1. The smallest absolute Gasteiger partial charge is 0.251 e. The minimum atomic E-state index is 0.0224. The molecule has 5 nitrogen and oxygen atoms in total. The molecule has 24 heavy (non-hydrogen) atoms. The molecule has 2 fully saturated rings. The molecule has 0 aliphatic carbocycles. The molecular weight excluding hydrogens is 324 g/mol. The molecule has 3 aliphatic rings. The van der Waals surface area contributed by atoms with E-state index in [2.05, 4.69) is 10.2 Å². The van der Waals surface area contributed by atoms with Crippen LogP contribution in [0.3, 0.4) is 0 Å². The van der Waals surface area contributed by atoms with Crippen LogP contribution in [0.2, 0.25) is 0 Å². The van der Waals surface area contributed by atoms with Crippen molar-refractivity contribution < 1.29 is 14.3 Å². The fraction of sp³-hybridized carbons (Fsp3) is 0.611. The summed E-state index contributed by atoms with van der Waals surface area (Å²) in [6, 6.07) is 5.90. The number of hydrogen-bond donors (Lipinski definition) is 1. The maximum absolute atomic E-state index is 12.6. The number of nitrogens with one attached hydrogen (secondary N) is 1. The topological polar surface area (TPSA) is 50.8 Å². The van der Waals surface area contributed by atoms with Crippen LogP contribution in [0, 0.1) is 0 Å². The SMILES string of the molecule is O=C(NC[C@]1(N2CCOCC2)CCSC1)c1ccc2c(c1)COC2. The predicted molar refractivity (Wildman–Crippen MR) is 94.3 cm³/mol. The number of morpholine rings is 1. The van der Waals surface area contributed by atoms with Crippen LogP contribution in [0.25, 0.3) is 0 Å². The van der Waals surface area contributed by atoms with E-state index in [0.717, 1.165) is 49.6 Å². The molecule has 4 rings (SSSR count). The van der Waals surface area contributed by atoms with Crippen molar-refractivity contribution in [3.63, 3.8) is 0 Å². The highest BCUT2D eigenvalue weighted by molar-refractivity contribution is 7.99. The van der Waals surface area contributed by atoms with Crippen LogP contribution in [0.1, 0.15) is 27.9 Å². The fourth-order valence-electron chi connectivity index (χ4n) is 3.79. The van der Waals surface area contributed by atoms with Gasteiger partial charge in [0, 0.05) is 36.5 Å². The zero-order chi connectivity index (χ0) is 16.4. The summed E-state index contributed by atoms with van der Waals surface area (Å²) in [4.78, 5) is 15.1. The van der Waals surface area contributed by atoms with Crippen LogP contribution >= 0.6 is 11.8 Å². The first kappa shape index (κ1) is 16.4. The Morgan fingerprint density at radius 2 is 2.04 bits per heavy atom. The van der Waals surface area contributed by atoms with Gasteiger partial charge >= 0.3 is 0 Å². The van der Waals surface area contributed by atoms with Gasteiger partial charge in [0.25, 0.3) is 5.91 Å². The van der Waals surface area contributed by atoms with Crippen LogP contribution in [-0.4, -0.2) is 60.7 Å². The summed E-state index contributed by atoms with van der Waals surface area (Å²) in [5.41, 5.74) is 3.16. The standard InChI is InChI=1S/C18H24N2O3S/c21-17(14-1-2-15-10-23-11-16(15)9-14)19-12-18(3-8-24-13-18)20-4-6-22-7-5-20/h1-2,9H,3-8,10-13H2,(H,19,21)/t18-/m1/s1. The van der Waals surface area contributed by atoms with E-state index in [1.165, 1.54) is 11.3 Å². The number of carbonyl (C=O) groups is 1. The van der Waals surface area contributed by atoms with Gasteiger partial charge in [0.15, 0.2) is 0 Å². The van der Waals surface area contributed by atoms with E-state index in [1.54, 1.807) is 0 Å². The summed E-state index contributed by atoms with van der Waals surface area (Å²) in [6.07, 6.45) is 1.13. The second-order valence-corrected chi connectivity index (χ2v) is 7.89. The van der Waals surface area contributed by atoms with Crippen LogP contribution in [0.15, 0.2) is 18.2 Å². The van der Waals surface area contributed by atoms with E-state index in [9.17, 15) is 4.79 Å². The third kappa shape index (κ3) is 3.20. The van der Waals surface area contributed by atoms with Gasteiger partial charge in [-0.15, -0.1) is 0 Å². The second kappa shape index (κ2) is 7.04. The van der Waals surface area contributed by atoms with E-state index in [-0.39, 0.29) is 11.4 Å². The highest BCUT2D eigenvalue weighted by atomic mass is 32.2. The van der Waals surface area contributed by atoms with E-state index in [1.807, 2.05) is 30.0 Å². The summed E-state index contributed by atoms with van der Waals surface area (Å²) < 4.78 is 10.9. The Kier molecular flexibility index (Phi) is 4.81. The maximum Gasteiger partial charge on any atom is 0.251 e. The Morgan fingerprint density at radius 3 is 2.83 bits per heavy atom. The minimum Gasteiger partial charge on any atom is -0.379 e. The lowest BCUT2D eigenvalue weighted by molar-refractivity contribution is -0.0129. The van der Waals surface area contributed by atoms with Gasteiger partial charge in [0.1, 0.15) is 0 Å². The number of carbonyl (C=O) groups excluding carboxylic acids is 1. The summed E-state index contributed by atoms with van der Waals surface area (Å²) in [5, 5.41) is 3.19. The van der Waals surface area contributed by atoms with Gasteiger partial charge in [-0.1, -0.05) is 6.07 Å². The molecule has 1 amide bonds. The summed E-state index contributed by atoms with van der Waals surface area (Å²) >= 11 is 1.99. The Labute approximate surface area is 147 Å². The predicted octanol–water partition coefficient (Wildman–Crippen LogP) is 1.65. The van der Waals surface area contributed by atoms with Gasteiger partial charge in [-0.2, -0.15) is 11.8 Å². The van der Waals surface area contributed by atoms with Gasteiger partial charge < -0.3 is 14.8 Å². The van der Waals surface area contributed by atoms with Crippen molar-refractivity contribution in [3.05, 3.63) is 34.9 Å². The average molecular weight is 348 g/mol. The van der Waals surface area contributed by atoms with E-state index < -0.39 is 0 Å². The van der Waals surface area contributed by atoms with Gasteiger partial charge in [-0.3, -0.25) is 9.69 Å². The number of hydrogen-bond acceptors (Lipinski definition) is 5. The van der Waals surface area contributed by atoms with E-state index in [0.29, 0.717) is 19.8 Å². The van der Waals surface area contributed by atoms with Gasteiger partial charge in [-0.05, 0) is 35.4 Å². The molecule has 1 N–H and O–H groups in total. The van der Waals surface area contributed by atoms with E-state index >= 15 is 0 Å². The van der Waals surface area contributed by atoms with Crippen molar-refractivity contribution in [1.29, 1.82) is 0 Å². The molecule has 3 heterocycles. The molecule has 0 aromatic heterocycles. The third-order valence-corrected chi connectivity index (χ3v) is 6.56. The lowest BCUT2D eigenvalue weighted by atomic mass is 9.95. The van der Waals surface area contributed by atoms with Crippen molar-refractivity contribution in [3.8, 4) is 0 Å². The summed E-state index contributed by atoms with van der Waals surface area (Å²) in [7, 11) is 0. The molecule has 1 atom stereocenters. The largest absolute Gasteiger partial charge is 0.379 e. The number of benzene rings is 1. The zero-order valence-electron chi connectivity index (χ0n) is 13.9. The molecule has 1 aromatic carbocycles. The molecule has 130 valence electrons. The van der Waals surface area contributed by atoms with Crippen LogP contribution < -0.4 is 5.32 Å². The molecule has 0 bridgehead atoms. The fourth-order valence-corrected chi connectivity index (χ4v) is 5.27. The van der Waals surface area contributed by atoms with E-state index in [4.69, 9.17) is 9.47 Å². The number of amides is 1. The molecule has 3 aliphatic heterocycles. The van der Waals surface area contributed by atoms with Gasteiger partial charge in [0.05, 0.1) is 26.4 Å². The first-order valence-corrected chi connectivity index (χ1v) is 9.81. The maximum atomic E-state index is 12.6. The normalized spacial score (nSPS) is 27.2. The Hall–Kier alpha value is -1.08. The summed E-state index contributed by atoms with van der Waals surface area (Å²) in [5.74, 6) is 2.28. The number of thioether (sulfide) groups is 1. The lowest BCUT2D eigenvalue weighted by Crippen LogP contribution is -2.59. The Morgan fingerprint density at radius 1 is 1.21 bits per heavy atom. The second-order valence-electron chi connectivity index (χ2n) is 6.79. The molecule has 0 spiro atoms. The van der Waals surface area contributed by atoms with Crippen LogP contribution in [-0.2, 0) is 22.7 Å². The van der Waals surface area contributed by atoms with Crippen LogP contribution in [0.5, 0.6) is 0 Å². The Bertz CT molecular complexity index is 610. The highest BCUT2D eigenvalue weighted by Crippen LogP contribution is 2.33. The quantitative estimate of drug-likeness (QED) is 0.897. The monoisotopic (exact) mass is 348 g/mol. The van der Waals surface area contributed by atoms with Crippen molar-refractivity contribution in [1.82, 2.24) is 10.2 Å². The third-order valence-electron chi connectivity index (χ3n) is 5.33. The zero-order valence-corrected chi connectivity index (χ0v) is 14.7. The molecule has 2 saturated heterocycles. The van der Waals surface area contributed by atoms with Gasteiger partial charge in [-0.25, -0.2) is 0 Å². The molecular formula is C18H24N2O3S. The number of fused-ring (bicyclic) bond motifs is 1. The average Bonchev–Trinajstić information content (AvgIpc) is 3.30. The van der Waals surface area contributed by atoms with Gasteiger partial charge in [0.2, 0.25) is 0 Å².